The summed E-state index contributed by atoms with van der Waals surface area (Å²) in [4.78, 5) is 10.8. The molecule has 15 heavy (non-hydrogen) atoms. The maximum absolute atomic E-state index is 10.8. The Balaban J connectivity index is 2.90. The van der Waals surface area contributed by atoms with Crippen LogP contribution in [-0.2, 0) is 0 Å². The van der Waals surface area contributed by atoms with Gasteiger partial charge in [0.15, 0.2) is 0 Å². The first-order valence-corrected chi connectivity index (χ1v) is 5.52. The van der Waals surface area contributed by atoms with Gasteiger partial charge in [0.2, 0.25) is 0 Å². The normalized spacial score (nSPS) is 32.4. The largest absolute Gasteiger partial charge is 0.530 e. The summed E-state index contributed by atoms with van der Waals surface area (Å²) in [6.45, 7) is 6.13. The third-order valence-corrected chi connectivity index (χ3v) is 3.57. The van der Waals surface area contributed by atoms with E-state index in [9.17, 15) is 9.90 Å². The molecular formula is C11H21N2O2-. The van der Waals surface area contributed by atoms with Crippen LogP contribution in [0, 0.1) is 5.41 Å². The highest BCUT2D eigenvalue weighted by Crippen LogP contribution is 2.41. The molecule has 0 spiro atoms. The van der Waals surface area contributed by atoms with Crippen molar-refractivity contribution in [1.29, 1.82) is 0 Å². The van der Waals surface area contributed by atoms with Gasteiger partial charge in [0.1, 0.15) is 6.09 Å². The maximum Gasteiger partial charge on any atom is 0.134 e. The second kappa shape index (κ2) is 4.00. The molecule has 0 saturated heterocycles. The van der Waals surface area contributed by atoms with Gasteiger partial charge in [0, 0.05) is 11.6 Å². The van der Waals surface area contributed by atoms with E-state index in [1.54, 1.807) is 0 Å². The Morgan fingerprint density at radius 2 is 2.13 bits per heavy atom. The van der Waals surface area contributed by atoms with Crippen LogP contribution >= 0.6 is 0 Å². The van der Waals surface area contributed by atoms with E-state index in [0.717, 1.165) is 19.3 Å². The fourth-order valence-corrected chi connectivity index (χ4v) is 2.50. The van der Waals surface area contributed by atoms with E-state index >= 15 is 0 Å². The molecule has 1 saturated carbocycles. The Labute approximate surface area is 91.2 Å². The number of rotatable bonds is 1. The third kappa shape index (κ3) is 2.62. The summed E-state index contributed by atoms with van der Waals surface area (Å²) in [5, 5.41) is 13.4. The molecule has 0 aliphatic heterocycles. The average molecular weight is 213 g/mol. The van der Waals surface area contributed by atoms with Gasteiger partial charge >= 0.3 is 0 Å². The summed E-state index contributed by atoms with van der Waals surface area (Å²) in [6.07, 6.45) is 2.30. The van der Waals surface area contributed by atoms with Crippen molar-refractivity contribution in [3.8, 4) is 0 Å². The number of amides is 1. The van der Waals surface area contributed by atoms with Crippen molar-refractivity contribution in [2.75, 3.05) is 0 Å². The van der Waals surface area contributed by atoms with Crippen molar-refractivity contribution in [2.45, 2.75) is 58.0 Å². The van der Waals surface area contributed by atoms with Gasteiger partial charge in [0.05, 0.1) is 0 Å². The minimum Gasteiger partial charge on any atom is -0.530 e. The van der Waals surface area contributed by atoms with E-state index in [1.807, 2.05) is 20.8 Å². The minimum atomic E-state index is -1.20. The van der Waals surface area contributed by atoms with Gasteiger partial charge in [-0.2, -0.15) is 0 Å². The molecule has 0 heterocycles. The zero-order valence-electron chi connectivity index (χ0n) is 9.80. The smallest absolute Gasteiger partial charge is 0.134 e. The predicted molar refractivity (Wildman–Crippen MR) is 57.2 cm³/mol. The lowest BCUT2D eigenvalue weighted by molar-refractivity contribution is -0.255. The van der Waals surface area contributed by atoms with Gasteiger partial charge in [0.25, 0.3) is 0 Å². The molecule has 0 radical (unpaired) electrons. The second-order valence-corrected chi connectivity index (χ2v) is 5.60. The fraction of sp³-hybridized carbons (Fsp3) is 0.909. The number of carboxylic acid groups (broad SMARTS) is 1. The fourth-order valence-electron chi connectivity index (χ4n) is 2.50. The lowest BCUT2D eigenvalue weighted by Crippen LogP contribution is -2.63. The molecule has 1 aliphatic carbocycles. The summed E-state index contributed by atoms with van der Waals surface area (Å²) >= 11 is 0. The Hall–Kier alpha value is -0.770. The van der Waals surface area contributed by atoms with Crippen LogP contribution in [0.25, 0.3) is 0 Å². The van der Waals surface area contributed by atoms with Crippen LogP contribution in [0.5, 0.6) is 0 Å². The summed E-state index contributed by atoms with van der Waals surface area (Å²) in [7, 11) is 0. The van der Waals surface area contributed by atoms with Gasteiger partial charge < -0.3 is 21.0 Å². The minimum absolute atomic E-state index is 0.0878. The molecule has 2 unspecified atom stereocenters. The molecule has 0 aromatic rings. The van der Waals surface area contributed by atoms with E-state index in [4.69, 9.17) is 5.73 Å². The van der Waals surface area contributed by atoms with Gasteiger partial charge in [-0.15, -0.1) is 0 Å². The first-order valence-electron chi connectivity index (χ1n) is 5.52. The molecule has 0 aromatic heterocycles. The molecule has 1 aliphatic rings. The Bertz CT molecular complexity index is 247. The van der Waals surface area contributed by atoms with Gasteiger partial charge in [-0.25, -0.2) is 0 Å². The van der Waals surface area contributed by atoms with E-state index in [0.29, 0.717) is 6.42 Å². The SMILES string of the molecule is CC(C)(C)C1(NC(=O)[O-])CCCC(N)C1. The van der Waals surface area contributed by atoms with Crippen molar-refractivity contribution in [3.63, 3.8) is 0 Å². The molecule has 0 bridgehead atoms. The number of hydrogen-bond donors (Lipinski definition) is 2. The van der Waals surface area contributed by atoms with E-state index in [2.05, 4.69) is 5.32 Å². The van der Waals surface area contributed by atoms with Crippen molar-refractivity contribution in [3.05, 3.63) is 0 Å². The molecule has 3 N–H and O–H groups in total. The lowest BCUT2D eigenvalue weighted by Gasteiger charge is -2.50. The number of nitrogens with two attached hydrogens (primary N) is 1. The molecule has 1 amide bonds. The van der Waals surface area contributed by atoms with Crippen LogP contribution < -0.4 is 16.2 Å². The number of nitrogens with one attached hydrogen (secondary N) is 1. The molecule has 1 rings (SSSR count). The van der Waals surface area contributed by atoms with Gasteiger partial charge in [-0.05, 0) is 31.1 Å². The standard InChI is InChI=1S/C11H22N2O2/c1-10(2,3)11(13-9(14)15)6-4-5-8(12)7-11/h8,13H,4-7,12H2,1-3H3,(H,14,15)/p-1. The number of carbonyl (C=O) groups is 1. The summed E-state index contributed by atoms with van der Waals surface area (Å²) < 4.78 is 0. The second-order valence-electron chi connectivity index (χ2n) is 5.60. The topological polar surface area (TPSA) is 78.2 Å². The highest BCUT2D eigenvalue weighted by atomic mass is 16.4. The molecule has 88 valence electrons. The molecule has 0 aromatic carbocycles. The van der Waals surface area contributed by atoms with E-state index < -0.39 is 11.6 Å². The maximum atomic E-state index is 10.8. The van der Waals surface area contributed by atoms with Crippen molar-refractivity contribution in [1.82, 2.24) is 5.32 Å². The van der Waals surface area contributed by atoms with Crippen LogP contribution in [0.2, 0.25) is 0 Å². The monoisotopic (exact) mass is 213 g/mol. The third-order valence-electron chi connectivity index (χ3n) is 3.57. The average Bonchev–Trinajstić information content (AvgIpc) is 2.00. The van der Waals surface area contributed by atoms with Crippen LogP contribution in [0.15, 0.2) is 0 Å². The quantitative estimate of drug-likeness (QED) is 0.669. The number of hydrogen-bond acceptors (Lipinski definition) is 3. The van der Waals surface area contributed by atoms with Crippen LogP contribution in [0.1, 0.15) is 46.5 Å². The van der Waals surface area contributed by atoms with Crippen molar-refractivity contribution < 1.29 is 9.90 Å². The van der Waals surface area contributed by atoms with Crippen LogP contribution in [0.3, 0.4) is 0 Å². The van der Waals surface area contributed by atoms with E-state index in [-0.39, 0.29) is 11.5 Å². The summed E-state index contributed by atoms with van der Waals surface area (Å²) in [5.74, 6) is 0. The number of carbonyl (C=O) groups excluding carboxylic acids is 1. The van der Waals surface area contributed by atoms with Crippen molar-refractivity contribution >= 4 is 6.09 Å². The molecule has 4 heteroatoms. The van der Waals surface area contributed by atoms with Gasteiger partial charge in [-0.1, -0.05) is 20.8 Å². The first-order chi connectivity index (χ1) is 6.77. The Morgan fingerprint density at radius 3 is 2.53 bits per heavy atom. The highest BCUT2D eigenvalue weighted by molar-refractivity contribution is 5.63. The molecular weight excluding hydrogens is 192 g/mol. The van der Waals surface area contributed by atoms with Crippen LogP contribution in [-0.4, -0.2) is 17.7 Å². The van der Waals surface area contributed by atoms with Crippen LogP contribution in [0.4, 0.5) is 4.79 Å². The molecule has 2 atom stereocenters. The first kappa shape index (κ1) is 12.3. The lowest BCUT2D eigenvalue weighted by atomic mass is 9.64. The Kier molecular flexibility index (Phi) is 3.28. The Morgan fingerprint density at radius 1 is 1.53 bits per heavy atom. The van der Waals surface area contributed by atoms with Crippen molar-refractivity contribution in [2.24, 2.45) is 11.1 Å². The zero-order valence-corrected chi connectivity index (χ0v) is 9.80. The summed E-state index contributed by atoms with van der Waals surface area (Å²) in [6, 6.07) is 0.0878. The van der Waals surface area contributed by atoms with Gasteiger partial charge in [-0.3, -0.25) is 0 Å². The van der Waals surface area contributed by atoms with E-state index in [1.165, 1.54) is 0 Å². The molecule has 1 fully saturated rings. The zero-order chi connectivity index (χ0) is 11.7. The predicted octanol–water partition coefficient (Wildman–Crippen LogP) is 0.606. The highest BCUT2D eigenvalue weighted by Gasteiger charge is 2.44. The summed E-state index contributed by atoms with van der Waals surface area (Å²) in [5.41, 5.74) is 5.37. The molecule has 4 nitrogen and oxygen atoms in total.